The number of carbonyl (C=O) groups excluding carboxylic acids is 1. The largest absolute Gasteiger partial charge is 0.508 e. The maximum Gasteiger partial charge on any atom is 0.327 e. The molecule has 9 nitrogen and oxygen atoms in total. The number of rotatable bonds is 7. The van der Waals surface area contributed by atoms with Crippen LogP contribution in [0.4, 0.5) is 0 Å². The van der Waals surface area contributed by atoms with Gasteiger partial charge < -0.3 is 14.9 Å². The van der Waals surface area contributed by atoms with Crippen LogP contribution in [0.15, 0.2) is 41.3 Å². The normalized spacial score (nSPS) is 11.7. The van der Waals surface area contributed by atoms with Crippen molar-refractivity contribution < 1.29 is 28.2 Å². The zero-order valence-corrected chi connectivity index (χ0v) is 19.0. The van der Waals surface area contributed by atoms with E-state index in [1.54, 1.807) is 25.1 Å². The summed E-state index contributed by atoms with van der Waals surface area (Å²) in [4.78, 5) is 12.2. The third-order valence-electron chi connectivity index (χ3n) is 4.88. The molecule has 170 valence electrons. The quantitative estimate of drug-likeness (QED) is 0.515. The molecule has 0 amide bonds. The van der Waals surface area contributed by atoms with Crippen molar-refractivity contribution in [2.45, 2.75) is 38.1 Å². The van der Waals surface area contributed by atoms with Gasteiger partial charge in [0.1, 0.15) is 23.7 Å². The van der Waals surface area contributed by atoms with Gasteiger partial charge in [-0.05, 0) is 36.6 Å². The Morgan fingerprint density at radius 3 is 2.50 bits per heavy atom. The second-order valence-electron chi connectivity index (χ2n) is 7.63. The van der Waals surface area contributed by atoms with Crippen LogP contribution in [0.3, 0.4) is 0 Å². The summed E-state index contributed by atoms with van der Waals surface area (Å²) in [5, 5.41) is 29.0. The molecule has 0 radical (unpaired) electrons. The fourth-order valence-electron chi connectivity index (χ4n) is 3.34. The van der Waals surface area contributed by atoms with Gasteiger partial charge in [0.2, 0.25) is 0 Å². The van der Waals surface area contributed by atoms with Gasteiger partial charge in [-0.1, -0.05) is 31.2 Å². The van der Waals surface area contributed by atoms with E-state index in [4.69, 9.17) is 4.74 Å². The second kappa shape index (κ2) is 8.99. The molecule has 1 aromatic heterocycles. The van der Waals surface area contributed by atoms with E-state index in [2.05, 4.69) is 10.3 Å². The van der Waals surface area contributed by atoms with Crippen LogP contribution in [0.5, 0.6) is 11.5 Å². The van der Waals surface area contributed by atoms with E-state index < -0.39 is 15.8 Å². The van der Waals surface area contributed by atoms with E-state index in [0.29, 0.717) is 22.4 Å². The highest BCUT2D eigenvalue weighted by molar-refractivity contribution is 7.90. The summed E-state index contributed by atoms with van der Waals surface area (Å²) in [5.41, 5.74) is 1.89. The lowest BCUT2D eigenvalue weighted by Gasteiger charge is -2.13. The van der Waals surface area contributed by atoms with Crippen LogP contribution in [0.2, 0.25) is 0 Å². The van der Waals surface area contributed by atoms with E-state index in [-0.39, 0.29) is 41.2 Å². The zero-order valence-electron chi connectivity index (χ0n) is 18.2. The van der Waals surface area contributed by atoms with Crippen LogP contribution >= 0.6 is 0 Å². The molecule has 0 saturated heterocycles. The predicted octanol–water partition coefficient (Wildman–Crippen LogP) is 3.11. The van der Waals surface area contributed by atoms with E-state index >= 15 is 0 Å². The maximum atomic E-state index is 12.1. The van der Waals surface area contributed by atoms with E-state index in [1.165, 1.54) is 22.9 Å². The molecule has 0 bridgehead atoms. The Kier molecular flexibility index (Phi) is 6.54. The minimum atomic E-state index is -3.49. The van der Waals surface area contributed by atoms with Gasteiger partial charge in [0.15, 0.2) is 9.84 Å². The number of esters is 1. The molecule has 0 aliphatic rings. The Morgan fingerprint density at radius 1 is 1.16 bits per heavy atom. The number of hydrogen-bond donors (Lipinski definition) is 2. The number of aromatic nitrogens is 3. The summed E-state index contributed by atoms with van der Waals surface area (Å²) in [6.07, 6.45) is 1.10. The molecule has 0 spiro atoms. The highest BCUT2D eigenvalue weighted by Crippen LogP contribution is 2.40. The number of aromatic hydroxyl groups is 2. The zero-order chi connectivity index (χ0) is 23.6. The van der Waals surface area contributed by atoms with Crippen LogP contribution in [-0.4, -0.2) is 52.5 Å². The standard InChI is InChI=1S/C22H25N3O6S/c1-5-31-20(28)12-25-22(14-7-6-8-15(9-14)32(4,29)30)21(23-24-25)17-10-16(13(2)3)18(26)11-19(17)27/h6-11,13,26-27H,5,12H2,1-4H3. The third kappa shape index (κ3) is 4.75. The van der Waals surface area contributed by atoms with Crippen molar-refractivity contribution in [3.63, 3.8) is 0 Å². The van der Waals surface area contributed by atoms with Gasteiger partial charge in [0, 0.05) is 23.4 Å². The number of sulfone groups is 1. The van der Waals surface area contributed by atoms with Crippen molar-refractivity contribution >= 4 is 15.8 Å². The van der Waals surface area contributed by atoms with Crippen LogP contribution in [-0.2, 0) is 25.9 Å². The lowest BCUT2D eigenvalue weighted by atomic mass is 9.96. The van der Waals surface area contributed by atoms with Gasteiger partial charge in [-0.25, -0.2) is 13.1 Å². The number of hydrogen-bond acceptors (Lipinski definition) is 8. The second-order valence-corrected chi connectivity index (χ2v) is 9.65. The first-order valence-corrected chi connectivity index (χ1v) is 11.9. The minimum Gasteiger partial charge on any atom is -0.508 e. The monoisotopic (exact) mass is 459 g/mol. The molecule has 10 heteroatoms. The number of phenolic OH excluding ortho intramolecular Hbond substituents is 2. The van der Waals surface area contributed by atoms with Crippen molar-refractivity contribution in [3.8, 4) is 34.0 Å². The van der Waals surface area contributed by atoms with Crippen molar-refractivity contribution in [1.29, 1.82) is 0 Å². The molecule has 0 aliphatic carbocycles. The molecular weight excluding hydrogens is 434 g/mol. The van der Waals surface area contributed by atoms with Gasteiger partial charge in [0.25, 0.3) is 0 Å². The average molecular weight is 460 g/mol. The summed E-state index contributed by atoms with van der Waals surface area (Å²) in [5.74, 6) is -0.861. The topological polar surface area (TPSA) is 132 Å². The molecule has 32 heavy (non-hydrogen) atoms. The molecule has 3 rings (SSSR count). The fraction of sp³-hybridized carbons (Fsp3) is 0.318. The Labute approximate surface area is 186 Å². The van der Waals surface area contributed by atoms with Crippen LogP contribution in [0.25, 0.3) is 22.5 Å². The number of nitrogens with zero attached hydrogens (tertiary/aromatic N) is 3. The minimum absolute atomic E-state index is 0.0408. The molecule has 2 N–H and O–H groups in total. The number of benzene rings is 2. The average Bonchev–Trinajstić information content (AvgIpc) is 3.10. The summed E-state index contributed by atoms with van der Waals surface area (Å²) >= 11 is 0. The summed E-state index contributed by atoms with van der Waals surface area (Å²) in [7, 11) is -3.49. The van der Waals surface area contributed by atoms with E-state index in [1.807, 2.05) is 13.8 Å². The molecule has 2 aromatic carbocycles. The Bertz CT molecular complexity index is 1260. The van der Waals surface area contributed by atoms with Crippen molar-refractivity contribution in [3.05, 3.63) is 42.0 Å². The number of phenols is 2. The molecule has 0 saturated carbocycles. The van der Waals surface area contributed by atoms with Crippen molar-refractivity contribution in [1.82, 2.24) is 15.0 Å². The van der Waals surface area contributed by atoms with Gasteiger partial charge in [-0.15, -0.1) is 5.10 Å². The molecule has 0 atom stereocenters. The predicted molar refractivity (Wildman–Crippen MR) is 118 cm³/mol. The first-order chi connectivity index (χ1) is 15.0. The van der Waals surface area contributed by atoms with E-state index in [9.17, 15) is 23.4 Å². The number of carbonyl (C=O) groups is 1. The first kappa shape index (κ1) is 23.3. The third-order valence-corrected chi connectivity index (χ3v) is 5.99. The lowest BCUT2D eigenvalue weighted by molar-refractivity contribution is -0.144. The molecule has 0 fully saturated rings. The van der Waals surface area contributed by atoms with Crippen LogP contribution in [0.1, 0.15) is 32.3 Å². The maximum absolute atomic E-state index is 12.1. The number of ether oxygens (including phenoxy) is 1. The SMILES string of the molecule is CCOC(=O)Cn1nnc(-c2cc(C(C)C)c(O)cc2O)c1-c1cccc(S(C)(=O)=O)c1. The lowest BCUT2D eigenvalue weighted by Crippen LogP contribution is -2.15. The van der Waals surface area contributed by atoms with Gasteiger partial charge >= 0.3 is 5.97 Å². The smallest absolute Gasteiger partial charge is 0.327 e. The fourth-order valence-corrected chi connectivity index (χ4v) is 4.01. The Morgan fingerprint density at radius 2 is 1.88 bits per heavy atom. The van der Waals surface area contributed by atoms with Gasteiger partial charge in [-0.3, -0.25) is 4.79 Å². The molecule has 1 heterocycles. The van der Waals surface area contributed by atoms with Crippen molar-refractivity contribution in [2.24, 2.45) is 0 Å². The van der Waals surface area contributed by atoms with Gasteiger partial charge in [0.05, 0.1) is 17.2 Å². The van der Waals surface area contributed by atoms with Crippen LogP contribution < -0.4 is 0 Å². The highest BCUT2D eigenvalue weighted by Gasteiger charge is 2.24. The summed E-state index contributed by atoms with van der Waals surface area (Å²) in [6.45, 7) is 5.40. The van der Waals surface area contributed by atoms with Gasteiger partial charge in [-0.2, -0.15) is 0 Å². The van der Waals surface area contributed by atoms with E-state index in [0.717, 1.165) is 6.26 Å². The Hall–Kier alpha value is -3.40. The Balaban J connectivity index is 2.27. The van der Waals surface area contributed by atoms with Crippen LogP contribution in [0, 0.1) is 0 Å². The summed E-state index contributed by atoms with van der Waals surface area (Å²) < 4.78 is 30.5. The summed E-state index contributed by atoms with van der Waals surface area (Å²) in [6, 6.07) is 9.00. The molecular formula is C22H25N3O6S. The first-order valence-electron chi connectivity index (χ1n) is 9.98. The van der Waals surface area contributed by atoms with Crippen molar-refractivity contribution in [2.75, 3.05) is 12.9 Å². The molecule has 0 unspecified atom stereocenters. The highest BCUT2D eigenvalue weighted by atomic mass is 32.2. The molecule has 0 aliphatic heterocycles. The molecule has 3 aromatic rings.